The first kappa shape index (κ1) is 15.6. The fourth-order valence-corrected chi connectivity index (χ4v) is 3.47. The van der Waals surface area contributed by atoms with E-state index in [0.29, 0.717) is 6.61 Å². The molecule has 22 heavy (non-hydrogen) atoms. The average Bonchev–Trinajstić information content (AvgIpc) is 2.51. The summed E-state index contributed by atoms with van der Waals surface area (Å²) in [5.41, 5.74) is 2.16. The number of benzene rings is 1. The van der Waals surface area contributed by atoms with Crippen LogP contribution in [-0.2, 0) is 19.8 Å². The molecule has 1 aromatic rings. The normalized spacial score (nSPS) is 29.5. The maximum Gasteiger partial charge on any atom is 0.140 e. The molecule has 2 aliphatic rings. The summed E-state index contributed by atoms with van der Waals surface area (Å²) in [6.45, 7) is 7.85. The Bertz CT molecular complexity index is 551. The minimum absolute atomic E-state index is 0.0981. The van der Waals surface area contributed by atoms with Gasteiger partial charge in [-0.3, -0.25) is 0 Å². The number of fused-ring (bicyclic) bond motifs is 4. The van der Waals surface area contributed by atoms with Gasteiger partial charge in [0.25, 0.3) is 0 Å². The van der Waals surface area contributed by atoms with Gasteiger partial charge < -0.3 is 14.2 Å². The van der Waals surface area contributed by atoms with Gasteiger partial charge in [0.05, 0.1) is 6.10 Å². The van der Waals surface area contributed by atoms with Crippen LogP contribution in [0.5, 0.6) is 0 Å². The molecule has 3 rings (SSSR count). The van der Waals surface area contributed by atoms with Crippen LogP contribution in [0.1, 0.15) is 57.3 Å². The number of rotatable bonds is 6. The maximum atomic E-state index is 6.31. The van der Waals surface area contributed by atoms with E-state index in [1.165, 1.54) is 11.1 Å². The highest BCUT2D eigenvalue weighted by Gasteiger charge is 2.45. The molecule has 2 aliphatic heterocycles. The highest BCUT2D eigenvalue weighted by molar-refractivity contribution is 5.42. The largest absolute Gasteiger partial charge is 0.484 e. The lowest BCUT2D eigenvalue weighted by Gasteiger charge is -2.46. The molecule has 2 bridgehead atoms. The van der Waals surface area contributed by atoms with E-state index in [4.69, 9.17) is 14.2 Å². The van der Waals surface area contributed by atoms with Gasteiger partial charge in [-0.15, -0.1) is 0 Å². The highest BCUT2D eigenvalue weighted by Crippen LogP contribution is 2.49. The minimum atomic E-state index is -0.314. The fraction of sp³-hybridized carbons (Fsp3) is 0.579. The molecule has 0 amide bonds. The van der Waals surface area contributed by atoms with Gasteiger partial charge in [-0.25, -0.2) is 0 Å². The third-order valence-electron chi connectivity index (χ3n) is 4.52. The smallest absolute Gasteiger partial charge is 0.140 e. The molecule has 3 heteroatoms. The Morgan fingerprint density at radius 1 is 1.23 bits per heavy atom. The molecule has 0 aromatic heterocycles. The van der Waals surface area contributed by atoms with E-state index in [1.54, 1.807) is 0 Å². The number of unbranched alkanes of at least 4 members (excludes halogenated alkanes) is 1. The monoisotopic (exact) mass is 302 g/mol. The molecular formula is C19H26O3. The van der Waals surface area contributed by atoms with Crippen molar-refractivity contribution in [3.8, 4) is 0 Å². The van der Waals surface area contributed by atoms with Crippen molar-refractivity contribution in [1.29, 1.82) is 0 Å². The van der Waals surface area contributed by atoms with Crippen LogP contribution in [-0.4, -0.2) is 19.3 Å². The average molecular weight is 302 g/mol. The zero-order valence-electron chi connectivity index (χ0n) is 13.8. The summed E-state index contributed by atoms with van der Waals surface area (Å²) < 4.78 is 18.3. The molecular weight excluding hydrogens is 276 g/mol. The van der Waals surface area contributed by atoms with E-state index >= 15 is 0 Å². The van der Waals surface area contributed by atoms with Gasteiger partial charge in [0.15, 0.2) is 0 Å². The van der Waals surface area contributed by atoms with Gasteiger partial charge in [-0.05, 0) is 31.9 Å². The zero-order valence-corrected chi connectivity index (χ0v) is 13.8. The molecule has 0 saturated carbocycles. The van der Waals surface area contributed by atoms with Crippen LogP contribution in [0.25, 0.3) is 0 Å². The molecule has 0 N–H and O–H groups in total. The van der Waals surface area contributed by atoms with E-state index < -0.39 is 0 Å². The second-order valence-corrected chi connectivity index (χ2v) is 6.29. The summed E-state index contributed by atoms with van der Waals surface area (Å²) in [6, 6.07) is 8.49. The predicted molar refractivity (Wildman–Crippen MR) is 86.6 cm³/mol. The van der Waals surface area contributed by atoms with Crippen LogP contribution in [0, 0.1) is 0 Å². The van der Waals surface area contributed by atoms with Crippen molar-refractivity contribution in [2.45, 2.75) is 57.8 Å². The van der Waals surface area contributed by atoms with E-state index in [9.17, 15) is 0 Å². The fourth-order valence-electron chi connectivity index (χ4n) is 3.47. The van der Waals surface area contributed by atoms with E-state index in [1.807, 2.05) is 6.92 Å². The van der Waals surface area contributed by atoms with E-state index in [-0.39, 0.29) is 17.8 Å². The summed E-state index contributed by atoms with van der Waals surface area (Å²) in [5, 5.41) is 0. The minimum Gasteiger partial charge on any atom is -0.484 e. The Balaban J connectivity index is 1.96. The number of hydrogen-bond acceptors (Lipinski definition) is 3. The number of hydrogen-bond donors (Lipinski definition) is 0. The molecule has 120 valence electrons. The first-order valence-electron chi connectivity index (χ1n) is 8.41. The quantitative estimate of drug-likeness (QED) is 0.725. The van der Waals surface area contributed by atoms with Crippen LogP contribution < -0.4 is 0 Å². The van der Waals surface area contributed by atoms with Crippen LogP contribution in [0.2, 0.25) is 0 Å². The van der Waals surface area contributed by atoms with Gasteiger partial charge in [-0.2, -0.15) is 0 Å². The second kappa shape index (κ2) is 6.43. The van der Waals surface area contributed by atoms with Gasteiger partial charge in [-0.1, -0.05) is 37.6 Å². The first-order valence-corrected chi connectivity index (χ1v) is 8.41. The molecule has 0 aliphatic carbocycles. The standard InChI is InChI=1S/C19H26O3/c1-4-6-11-21-18-15-9-7-8-10-16(15)19(3)13-14(20-5-2)12-17(18)22-19/h7-10,12,14,18H,4-6,11,13H2,1-3H3/t14-,18+,19+/m0/s1. The second-order valence-electron chi connectivity index (χ2n) is 6.29. The predicted octanol–water partition coefficient (Wildman–Crippen LogP) is 4.48. The molecule has 3 atom stereocenters. The Hall–Kier alpha value is -1.32. The number of ether oxygens (including phenoxy) is 3. The Morgan fingerprint density at radius 2 is 2.05 bits per heavy atom. The zero-order chi connectivity index (χ0) is 15.6. The third-order valence-corrected chi connectivity index (χ3v) is 4.52. The van der Waals surface area contributed by atoms with Gasteiger partial charge >= 0.3 is 0 Å². The van der Waals surface area contributed by atoms with Crippen molar-refractivity contribution in [1.82, 2.24) is 0 Å². The van der Waals surface area contributed by atoms with Crippen molar-refractivity contribution in [2.75, 3.05) is 13.2 Å². The molecule has 0 fully saturated rings. The van der Waals surface area contributed by atoms with Gasteiger partial charge in [0.1, 0.15) is 17.5 Å². The van der Waals surface area contributed by atoms with Crippen LogP contribution in [0.3, 0.4) is 0 Å². The lowest BCUT2D eigenvalue weighted by Crippen LogP contribution is -2.41. The summed E-state index contributed by atoms with van der Waals surface area (Å²) in [6.07, 6.45) is 5.16. The summed E-state index contributed by atoms with van der Waals surface area (Å²) in [5.74, 6) is 0.919. The SMILES string of the molecule is CCCCO[C@H]1C2=C[C@H](OCC)C[C@@](C)(O2)c2ccccc21. The molecule has 0 spiro atoms. The Labute approximate surface area is 133 Å². The van der Waals surface area contributed by atoms with Crippen molar-refractivity contribution < 1.29 is 14.2 Å². The van der Waals surface area contributed by atoms with Crippen molar-refractivity contribution in [3.05, 3.63) is 47.2 Å². The molecule has 3 nitrogen and oxygen atoms in total. The Morgan fingerprint density at radius 3 is 2.82 bits per heavy atom. The molecule has 0 radical (unpaired) electrons. The van der Waals surface area contributed by atoms with Crippen LogP contribution in [0.15, 0.2) is 36.1 Å². The lowest BCUT2D eigenvalue weighted by molar-refractivity contribution is -0.103. The van der Waals surface area contributed by atoms with Crippen LogP contribution >= 0.6 is 0 Å². The van der Waals surface area contributed by atoms with Crippen molar-refractivity contribution in [3.63, 3.8) is 0 Å². The molecule has 2 heterocycles. The third kappa shape index (κ3) is 2.80. The topological polar surface area (TPSA) is 27.7 Å². The molecule has 0 saturated heterocycles. The summed E-state index contributed by atoms with van der Waals surface area (Å²) in [7, 11) is 0. The van der Waals surface area contributed by atoms with Gasteiger partial charge in [0.2, 0.25) is 0 Å². The molecule has 1 aromatic carbocycles. The van der Waals surface area contributed by atoms with Gasteiger partial charge in [0, 0.05) is 25.2 Å². The Kier molecular flexibility index (Phi) is 4.55. The first-order chi connectivity index (χ1) is 10.7. The van der Waals surface area contributed by atoms with E-state index in [2.05, 4.69) is 44.2 Å². The summed E-state index contributed by atoms with van der Waals surface area (Å²) >= 11 is 0. The maximum absolute atomic E-state index is 6.31. The van der Waals surface area contributed by atoms with E-state index in [0.717, 1.165) is 31.6 Å². The molecule has 0 unspecified atom stereocenters. The highest BCUT2D eigenvalue weighted by atomic mass is 16.6. The van der Waals surface area contributed by atoms with Crippen molar-refractivity contribution >= 4 is 0 Å². The van der Waals surface area contributed by atoms with Crippen LogP contribution in [0.4, 0.5) is 0 Å². The summed E-state index contributed by atoms with van der Waals surface area (Å²) in [4.78, 5) is 0. The lowest BCUT2D eigenvalue weighted by atomic mass is 9.79. The van der Waals surface area contributed by atoms with Crippen molar-refractivity contribution in [2.24, 2.45) is 0 Å².